The van der Waals surface area contributed by atoms with E-state index < -0.39 is 11.4 Å². The van der Waals surface area contributed by atoms with Crippen molar-refractivity contribution in [3.05, 3.63) is 29.8 Å². The van der Waals surface area contributed by atoms with Gasteiger partial charge >= 0.3 is 5.97 Å². The van der Waals surface area contributed by atoms with E-state index in [0.717, 1.165) is 13.1 Å². The second-order valence-electron chi connectivity index (χ2n) is 5.18. The number of likely N-dealkylation sites (N-methyl/N-ethyl adjacent to an activating group) is 1. The van der Waals surface area contributed by atoms with E-state index in [-0.39, 0.29) is 5.92 Å². The first-order valence-electron chi connectivity index (χ1n) is 6.05. The summed E-state index contributed by atoms with van der Waals surface area (Å²) in [5.41, 5.74) is 1.64. The number of carboxylic acids is 1. The molecule has 0 aliphatic carbocycles. The van der Waals surface area contributed by atoms with Gasteiger partial charge in [0.05, 0.1) is 5.41 Å². The molecule has 0 amide bonds. The average Bonchev–Trinajstić information content (AvgIpc) is 2.68. The Labute approximate surface area is 102 Å². The molecule has 1 N–H and O–H groups in total. The Morgan fingerprint density at radius 2 is 2.12 bits per heavy atom. The summed E-state index contributed by atoms with van der Waals surface area (Å²) >= 11 is 0. The Balaban J connectivity index is 2.44. The number of hydrogen-bond acceptors (Lipinski definition) is 2. The van der Waals surface area contributed by atoms with Gasteiger partial charge in [0.2, 0.25) is 0 Å². The molecule has 0 aromatic heterocycles. The van der Waals surface area contributed by atoms with Crippen molar-refractivity contribution in [3.8, 4) is 0 Å². The first-order valence-corrected chi connectivity index (χ1v) is 6.05. The third-order valence-corrected chi connectivity index (χ3v) is 3.86. The number of fused-ring (bicyclic) bond motifs is 1. The fraction of sp³-hybridized carbons (Fsp3) is 0.500. The highest BCUT2D eigenvalue weighted by atomic mass is 16.4. The van der Waals surface area contributed by atoms with Gasteiger partial charge in [0, 0.05) is 24.7 Å². The standard InChI is InChI=1S/C14H19NO2/c1-4-15-9-11(14(2,3)13(16)17)10-7-5-6-8-12(10)15/h5-8,11H,4,9H2,1-3H3,(H,16,17). The maximum Gasteiger partial charge on any atom is 0.309 e. The Morgan fingerprint density at radius 3 is 2.71 bits per heavy atom. The van der Waals surface area contributed by atoms with E-state index in [1.807, 2.05) is 26.0 Å². The van der Waals surface area contributed by atoms with Crippen LogP contribution in [0.25, 0.3) is 0 Å². The molecule has 0 radical (unpaired) electrons. The molecule has 3 heteroatoms. The lowest BCUT2D eigenvalue weighted by Gasteiger charge is -2.27. The van der Waals surface area contributed by atoms with Crippen molar-refractivity contribution in [2.75, 3.05) is 18.0 Å². The predicted molar refractivity (Wildman–Crippen MR) is 68.5 cm³/mol. The zero-order valence-corrected chi connectivity index (χ0v) is 10.6. The van der Waals surface area contributed by atoms with Gasteiger partial charge < -0.3 is 10.0 Å². The third kappa shape index (κ3) is 1.79. The lowest BCUT2D eigenvalue weighted by Crippen LogP contribution is -2.34. The van der Waals surface area contributed by atoms with E-state index in [4.69, 9.17) is 0 Å². The molecule has 1 aromatic rings. The van der Waals surface area contributed by atoms with Crippen molar-refractivity contribution in [1.29, 1.82) is 0 Å². The Morgan fingerprint density at radius 1 is 1.47 bits per heavy atom. The third-order valence-electron chi connectivity index (χ3n) is 3.86. The average molecular weight is 233 g/mol. The van der Waals surface area contributed by atoms with Crippen LogP contribution in [0.3, 0.4) is 0 Å². The molecule has 1 unspecified atom stereocenters. The molecule has 2 rings (SSSR count). The normalized spacial score (nSPS) is 19.2. The lowest BCUT2D eigenvalue weighted by atomic mass is 9.76. The molecule has 92 valence electrons. The van der Waals surface area contributed by atoms with Crippen LogP contribution in [0.1, 0.15) is 32.3 Å². The fourth-order valence-electron chi connectivity index (χ4n) is 2.55. The van der Waals surface area contributed by atoms with Gasteiger partial charge in [0.25, 0.3) is 0 Å². The zero-order valence-electron chi connectivity index (χ0n) is 10.6. The molecule has 0 bridgehead atoms. The molecular formula is C14H19NO2. The van der Waals surface area contributed by atoms with Gasteiger partial charge in [-0.05, 0) is 32.4 Å². The molecule has 17 heavy (non-hydrogen) atoms. The highest BCUT2D eigenvalue weighted by Gasteiger charge is 2.43. The highest BCUT2D eigenvalue weighted by molar-refractivity contribution is 5.77. The number of carboxylic acid groups (broad SMARTS) is 1. The summed E-state index contributed by atoms with van der Waals surface area (Å²) in [5, 5.41) is 9.37. The summed E-state index contributed by atoms with van der Waals surface area (Å²) in [4.78, 5) is 13.6. The maximum absolute atomic E-state index is 11.4. The van der Waals surface area contributed by atoms with Crippen LogP contribution in [-0.4, -0.2) is 24.2 Å². The van der Waals surface area contributed by atoms with Crippen LogP contribution in [0.5, 0.6) is 0 Å². The van der Waals surface area contributed by atoms with Crippen molar-refractivity contribution >= 4 is 11.7 Å². The topological polar surface area (TPSA) is 40.5 Å². The van der Waals surface area contributed by atoms with Crippen LogP contribution in [0.15, 0.2) is 24.3 Å². The number of aliphatic carboxylic acids is 1. The number of benzene rings is 1. The first-order chi connectivity index (χ1) is 7.98. The van der Waals surface area contributed by atoms with Crippen molar-refractivity contribution in [1.82, 2.24) is 0 Å². The Kier molecular flexibility index (Phi) is 2.86. The van der Waals surface area contributed by atoms with Crippen LogP contribution < -0.4 is 4.90 Å². The van der Waals surface area contributed by atoms with Gasteiger partial charge in [-0.25, -0.2) is 0 Å². The van der Waals surface area contributed by atoms with Crippen LogP contribution in [0, 0.1) is 5.41 Å². The van der Waals surface area contributed by atoms with Crippen LogP contribution in [0.2, 0.25) is 0 Å². The molecule has 0 saturated heterocycles. The number of carbonyl (C=O) groups is 1. The summed E-state index contributed by atoms with van der Waals surface area (Å²) in [6.45, 7) is 7.46. The summed E-state index contributed by atoms with van der Waals surface area (Å²) in [7, 11) is 0. The van der Waals surface area contributed by atoms with Crippen LogP contribution >= 0.6 is 0 Å². The largest absolute Gasteiger partial charge is 0.481 e. The number of rotatable bonds is 3. The molecular weight excluding hydrogens is 214 g/mol. The predicted octanol–water partition coefficient (Wildman–Crippen LogP) is 2.72. The first kappa shape index (κ1) is 12.0. The zero-order chi connectivity index (χ0) is 12.6. The van der Waals surface area contributed by atoms with E-state index in [9.17, 15) is 9.90 Å². The minimum atomic E-state index is -0.727. The van der Waals surface area contributed by atoms with Gasteiger partial charge in [0.1, 0.15) is 0 Å². The van der Waals surface area contributed by atoms with Crippen molar-refractivity contribution in [2.45, 2.75) is 26.7 Å². The minimum absolute atomic E-state index is 0.0659. The maximum atomic E-state index is 11.4. The van der Waals surface area contributed by atoms with E-state index >= 15 is 0 Å². The molecule has 0 saturated carbocycles. The van der Waals surface area contributed by atoms with Crippen molar-refractivity contribution in [3.63, 3.8) is 0 Å². The van der Waals surface area contributed by atoms with E-state index in [0.29, 0.717) is 0 Å². The number of anilines is 1. The molecule has 1 aliphatic heterocycles. The SMILES string of the molecule is CCN1CC(C(C)(C)C(=O)O)c2ccccc21. The Hall–Kier alpha value is -1.51. The van der Waals surface area contributed by atoms with Crippen molar-refractivity contribution in [2.24, 2.45) is 5.41 Å². The highest BCUT2D eigenvalue weighted by Crippen LogP contribution is 2.45. The van der Waals surface area contributed by atoms with E-state index in [2.05, 4.69) is 24.0 Å². The quantitative estimate of drug-likeness (QED) is 0.872. The van der Waals surface area contributed by atoms with Gasteiger partial charge in [-0.15, -0.1) is 0 Å². The molecule has 0 spiro atoms. The molecule has 1 aromatic carbocycles. The molecule has 3 nitrogen and oxygen atoms in total. The second-order valence-corrected chi connectivity index (χ2v) is 5.18. The Bertz CT molecular complexity index is 440. The van der Waals surface area contributed by atoms with E-state index in [1.54, 1.807) is 0 Å². The number of para-hydroxylation sites is 1. The summed E-state index contributed by atoms with van der Waals surface area (Å²) in [6, 6.07) is 8.14. The molecule has 0 fully saturated rings. The fourth-order valence-corrected chi connectivity index (χ4v) is 2.55. The number of nitrogens with zero attached hydrogens (tertiary/aromatic N) is 1. The van der Waals surface area contributed by atoms with Gasteiger partial charge in [0.15, 0.2) is 0 Å². The van der Waals surface area contributed by atoms with Gasteiger partial charge in [-0.3, -0.25) is 4.79 Å². The minimum Gasteiger partial charge on any atom is -0.481 e. The smallest absolute Gasteiger partial charge is 0.309 e. The monoisotopic (exact) mass is 233 g/mol. The number of hydrogen-bond donors (Lipinski definition) is 1. The van der Waals surface area contributed by atoms with Crippen LogP contribution in [0.4, 0.5) is 5.69 Å². The lowest BCUT2D eigenvalue weighted by molar-refractivity contribution is -0.148. The molecule has 1 heterocycles. The van der Waals surface area contributed by atoms with Gasteiger partial charge in [-0.1, -0.05) is 18.2 Å². The van der Waals surface area contributed by atoms with Gasteiger partial charge in [-0.2, -0.15) is 0 Å². The van der Waals surface area contributed by atoms with Crippen LogP contribution in [-0.2, 0) is 4.79 Å². The molecule has 1 aliphatic rings. The second kappa shape index (κ2) is 4.06. The van der Waals surface area contributed by atoms with E-state index in [1.165, 1.54) is 11.3 Å². The summed E-state index contributed by atoms with van der Waals surface area (Å²) in [6.07, 6.45) is 0. The summed E-state index contributed by atoms with van der Waals surface area (Å²) < 4.78 is 0. The van der Waals surface area contributed by atoms with Crippen molar-refractivity contribution < 1.29 is 9.90 Å². The summed E-state index contributed by atoms with van der Waals surface area (Å²) in [5.74, 6) is -0.661. The molecule has 1 atom stereocenters.